The fourth-order valence-electron chi connectivity index (χ4n) is 1.26. The first kappa shape index (κ1) is 9.45. The second kappa shape index (κ2) is 3.96. The molecule has 0 saturated carbocycles. The van der Waals surface area contributed by atoms with Crippen LogP contribution >= 0.6 is 22.6 Å². The zero-order valence-corrected chi connectivity index (χ0v) is 9.51. The minimum atomic E-state index is 0.683. The Hall–Kier alpha value is -1.10. The Kier molecular flexibility index (Phi) is 2.67. The van der Waals surface area contributed by atoms with Crippen LogP contribution in [0.5, 0.6) is 0 Å². The summed E-state index contributed by atoms with van der Waals surface area (Å²) in [4.78, 5) is 0. The van der Waals surface area contributed by atoms with Gasteiger partial charge in [-0.05, 0) is 11.6 Å². The second-order valence-corrected chi connectivity index (χ2v) is 4.04. The molecule has 0 N–H and O–H groups in total. The fourth-order valence-corrected chi connectivity index (χ4v) is 1.58. The predicted octanol–water partition coefficient (Wildman–Crippen LogP) is 2.59. The number of pyridine rings is 1. The molecule has 1 heterocycles. The number of halogens is 1. The summed E-state index contributed by atoms with van der Waals surface area (Å²) in [5.41, 5.74) is 2.01. The Balaban J connectivity index is 2.48. The zero-order chi connectivity index (χ0) is 9.97. The summed E-state index contributed by atoms with van der Waals surface area (Å²) in [5, 5.41) is 11.3. The fraction of sp³-hybridized carbons (Fsp3) is 0. The van der Waals surface area contributed by atoms with Crippen LogP contribution in [0.2, 0.25) is 0 Å². The van der Waals surface area contributed by atoms with E-state index in [2.05, 4.69) is 0 Å². The summed E-state index contributed by atoms with van der Waals surface area (Å²) in [6.07, 6.45) is 1.59. The van der Waals surface area contributed by atoms with E-state index in [-0.39, 0.29) is 0 Å². The molecule has 3 heteroatoms. The highest BCUT2D eigenvalue weighted by atomic mass is 127. The van der Waals surface area contributed by atoms with E-state index < -0.39 is 0 Å². The van der Waals surface area contributed by atoms with Crippen molar-refractivity contribution in [3.8, 4) is 11.1 Å². The van der Waals surface area contributed by atoms with Crippen molar-refractivity contribution in [3.05, 3.63) is 57.6 Å². The Labute approximate surface area is 95.9 Å². The molecule has 0 unspecified atom stereocenters. The van der Waals surface area contributed by atoms with E-state index in [1.54, 1.807) is 6.20 Å². The molecule has 1 aromatic heterocycles. The molecule has 2 rings (SSSR count). The van der Waals surface area contributed by atoms with Crippen molar-refractivity contribution in [3.63, 3.8) is 0 Å². The van der Waals surface area contributed by atoms with Crippen molar-refractivity contribution in [2.45, 2.75) is 0 Å². The minimum Gasteiger partial charge on any atom is -0.618 e. The smallest absolute Gasteiger partial charge is 0.252 e. The quantitative estimate of drug-likeness (QED) is 0.344. The molecule has 0 spiro atoms. The minimum absolute atomic E-state index is 0.683. The molecule has 1 aromatic carbocycles. The van der Waals surface area contributed by atoms with Gasteiger partial charge in [0.05, 0.1) is 0 Å². The molecule has 14 heavy (non-hydrogen) atoms. The summed E-state index contributed by atoms with van der Waals surface area (Å²) in [6, 6.07) is 13.6. The van der Waals surface area contributed by atoms with Crippen LogP contribution in [0.4, 0.5) is 0 Å². The number of nitrogens with zero attached hydrogens (tertiary/aromatic N) is 1. The molecular weight excluding hydrogens is 289 g/mol. The molecule has 0 fully saturated rings. The number of hydrogen-bond donors (Lipinski definition) is 0. The molecule has 0 amide bonds. The molecule has 0 atom stereocenters. The van der Waals surface area contributed by atoms with Crippen molar-refractivity contribution < 1.29 is 4.73 Å². The molecule has 0 aliphatic carbocycles. The first-order valence-electron chi connectivity index (χ1n) is 4.21. The van der Waals surface area contributed by atoms with Crippen LogP contribution in [-0.4, -0.2) is 0 Å². The van der Waals surface area contributed by atoms with Gasteiger partial charge in [0.1, 0.15) is 0 Å². The van der Waals surface area contributed by atoms with Gasteiger partial charge in [-0.1, -0.05) is 30.3 Å². The van der Waals surface area contributed by atoms with Crippen LogP contribution in [0.15, 0.2) is 48.7 Å². The number of hydrogen-bond acceptors (Lipinski definition) is 1. The summed E-state index contributed by atoms with van der Waals surface area (Å²) in [6.45, 7) is 0. The van der Waals surface area contributed by atoms with Gasteiger partial charge in [-0.25, -0.2) is 0 Å². The highest BCUT2D eigenvalue weighted by Crippen LogP contribution is 2.17. The topological polar surface area (TPSA) is 26.9 Å². The van der Waals surface area contributed by atoms with Gasteiger partial charge in [0.25, 0.3) is 3.70 Å². The lowest BCUT2D eigenvalue weighted by molar-refractivity contribution is -0.618. The van der Waals surface area contributed by atoms with Crippen LogP contribution in [0, 0.1) is 8.91 Å². The van der Waals surface area contributed by atoms with Crippen molar-refractivity contribution in [2.75, 3.05) is 0 Å². The normalized spacial score (nSPS) is 10.1. The molecule has 0 aliphatic rings. The molecule has 0 saturated heterocycles. The van der Waals surface area contributed by atoms with E-state index in [1.807, 2.05) is 65.1 Å². The maximum atomic E-state index is 11.3. The maximum Gasteiger partial charge on any atom is 0.252 e. The van der Waals surface area contributed by atoms with Gasteiger partial charge in [-0.3, -0.25) is 0 Å². The standard InChI is InChI=1S/C11H8INO/c12-11-7-6-10(8-13(11)14)9-4-2-1-3-5-9/h1-8H. The summed E-state index contributed by atoms with van der Waals surface area (Å²) < 4.78 is 1.56. The van der Waals surface area contributed by atoms with Crippen LogP contribution in [0.3, 0.4) is 0 Å². The molecule has 2 aromatic rings. The predicted molar refractivity (Wildman–Crippen MR) is 63.6 cm³/mol. The number of aromatic nitrogens is 1. The average Bonchev–Trinajstić information content (AvgIpc) is 2.23. The van der Waals surface area contributed by atoms with Crippen LogP contribution in [0.25, 0.3) is 11.1 Å². The third kappa shape index (κ3) is 1.87. The van der Waals surface area contributed by atoms with Gasteiger partial charge in [-0.15, -0.1) is 0 Å². The first-order valence-corrected chi connectivity index (χ1v) is 5.29. The lowest BCUT2D eigenvalue weighted by atomic mass is 10.1. The summed E-state index contributed by atoms with van der Waals surface area (Å²) in [7, 11) is 0. The highest BCUT2D eigenvalue weighted by Gasteiger charge is 2.03. The largest absolute Gasteiger partial charge is 0.618 e. The van der Waals surface area contributed by atoms with Gasteiger partial charge < -0.3 is 5.21 Å². The van der Waals surface area contributed by atoms with E-state index in [1.165, 1.54) is 0 Å². The molecule has 70 valence electrons. The monoisotopic (exact) mass is 297 g/mol. The van der Waals surface area contributed by atoms with E-state index in [9.17, 15) is 5.21 Å². The van der Waals surface area contributed by atoms with Gasteiger partial charge >= 0.3 is 0 Å². The Morgan fingerprint density at radius 3 is 2.29 bits per heavy atom. The van der Waals surface area contributed by atoms with E-state index in [0.29, 0.717) is 3.70 Å². The Morgan fingerprint density at radius 1 is 0.929 bits per heavy atom. The van der Waals surface area contributed by atoms with Gasteiger partial charge in [-0.2, -0.15) is 4.73 Å². The van der Waals surface area contributed by atoms with Crippen molar-refractivity contribution in [2.24, 2.45) is 0 Å². The number of benzene rings is 1. The van der Waals surface area contributed by atoms with Crippen molar-refractivity contribution >= 4 is 22.6 Å². The van der Waals surface area contributed by atoms with Gasteiger partial charge in [0, 0.05) is 34.2 Å². The van der Waals surface area contributed by atoms with Crippen LogP contribution in [-0.2, 0) is 0 Å². The van der Waals surface area contributed by atoms with Crippen LogP contribution < -0.4 is 4.73 Å². The zero-order valence-electron chi connectivity index (χ0n) is 7.35. The van der Waals surface area contributed by atoms with E-state index in [4.69, 9.17) is 0 Å². The van der Waals surface area contributed by atoms with Gasteiger partial charge in [0.2, 0.25) is 0 Å². The molecule has 0 aliphatic heterocycles. The Morgan fingerprint density at radius 2 is 1.64 bits per heavy atom. The summed E-state index contributed by atoms with van der Waals surface area (Å²) in [5.74, 6) is 0. The number of rotatable bonds is 1. The first-order chi connectivity index (χ1) is 6.77. The van der Waals surface area contributed by atoms with E-state index >= 15 is 0 Å². The van der Waals surface area contributed by atoms with Crippen molar-refractivity contribution in [1.29, 1.82) is 0 Å². The molecule has 0 radical (unpaired) electrons. The molecule has 2 nitrogen and oxygen atoms in total. The summed E-state index contributed by atoms with van der Waals surface area (Å²) >= 11 is 2.01. The average molecular weight is 297 g/mol. The van der Waals surface area contributed by atoms with Crippen molar-refractivity contribution in [1.82, 2.24) is 0 Å². The highest BCUT2D eigenvalue weighted by molar-refractivity contribution is 14.1. The van der Waals surface area contributed by atoms with E-state index in [0.717, 1.165) is 15.9 Å². The lowest BCUT2D eigenvalue weighted by Gasteiger charge is -2.02. The Bertz CT molecular complexity index is 442. The van der Waals surface area contributed by atoms with Gasteiger partial charge in [0.15, 0.2) is 6.20 Å². The third-order valence-corrected chi connectivity index (χ3v) is 2.81. The maximum absolute atomic E-state index is 11.3. The lowest BCUT2D eigenvalue weighted by Crippen LogP contribution is -2.29. The molecule has 0 bridgehead atoms. The molecular formula is C11H8INO. The third-order valence-electron chi connectivity index (χ3n) is 1.97. The van der Waals surface area contributed by atoms with Crippen LogP contribution in [0.1, 0.15) is 0 Å². The second-order valence-electron chi connectivity index (χ2n) is 2.93. The SMILES string of the molecule is [O-][n+]1cc(-c2ccccc2)ccc1I.